The van der Waals surface area contributed by atoms with Gasteiger partial charge in [0.2, 0.25) is 0 Å². The second-order valence-corrected chi connectivity index (χ2v) is 6.02. The zero-order chi connectivity index (χ0) is 13.5. The summed E-state index contributed by atoms with van der Waals surface area (Å²) in [7, 11) is 2.26. The van der Waals surface area contributed by atoms with Gasteiger partial charge in [-0.15, -0.1) is 0 Å². The van der Waals surface area contributed by atoms with Crippen LogP contribution in [-0.2, 0) is 6.42 Å². The van der Waals surface area contributed by atoms with E-state index in [1.54, 1.807) is 0 Å². The molecule has 0 bridgehead atoms. The second-order valence-electron chi connectivity index (χ2n) is 6.02. The standard InChI is InChI=1S/C17H28N2/c1-15-4-3-5-17(14-15)9-13-19(2)12-8-16-6-10-18-11-7-16/h3-5,14,16,18H,6-13H2,1-2H3. The average Bonchev–Trinajstić information content (AvgIpc) is 2.44. The molecule has 1 N–H and O–H groups in total. The summed E-state index contributed by atoms with van der Waals surface area (Å²) in [5.41, 5.74) is 2.84. The number of rotatable bonds is 6. The first-order chi connectivity index (χ1) is 9.24. The molecular weight excluding hydrogens is 232 g/mol. The third-order valence-corrected chi connectivity index (χ3v) is 4.24. The molecule has 1 aromatic rings. The van der Waals surface area contributed by atoms with Crippen LogP contribution < -0.4 is 5.32 Å². The van der Waals surface area contributed by atoms with Crippen LogP contribution in [0.5, 0.6) is 0 Å². The Balaban J connectivity index is 1.65. The SMILES string of the molecule is Cc1cccc(CCN(C)CCC2CCNCC2)c1. The number of aryl methyl sites for hydroxylation is 1. The highest BCUT2D eigenvalue weighted by Crippen LogP contribution is 2.16. The summed E-state index contributed by atoms with van der Waals surface area (Å²) in [6.07, 6.45) is 5.27. The van der Waals surface area contributed by atoms with Crippen molar-refractivity contribution in [3.05, 3.63) is 35.4 Å². The topological polar surface area (TPSA) is 15.3 Å². The molecule has 1 aromatic carbocycles. The summed E-state index contributed by atoms with van der Waals surface area (Å²) in [6, 6.07) is 8.89. The van der Waals surface area contributed by atoms with E-state index in [0.29, 0.717) is 0 Å². The van der Waals surface area contributed by atoms with Crippen LogP contribution in [0.4, 0.5) is 0 Å². The Hall–Kier alpha value is -0.860. The molecule has 0 amide bonds. The molecule has 1 heterocycles. The average molecular weight is 260 g/mol. The number of likely N-dealkylation sites (N-methyl/N-ethyl adjacent to an activating group) is 1. The summed E-state index contributed by atoms with van der Waals surface area (Å²) in [5, 5.41) is 3.44. The third kappa shape index (κ3) is 5.33. The fourth-order valence-corrected chi connectivity index (χ4v) is 2.87. The highest BCUT2D eigenvalue weighted by Gasteiger charge is 2.13. The molecule has 1 aliphatic rings. The molecule has 1 aliphatic heterocycles. The highest BCUT2D eigenvalue weighted by molar-refractivity contribution is 5.22. The van der Waals surface area contributed by atoms with Crippen molar-refractivity contribution in [1.29, 1.82) is 0 Å². The normalized spacial score (nSPS) is 17.0. The molecular formula is C17H28N2. The summed E-state index contributed by atoms with van der Waals surface area (Å²) in [4.78, 5) is 2.49. The molecule has 0 radical (unpaired) electrons. The molecule has 0 aliphatic carbocycles. The van der Waals surface area contributed by atoms with Gasteiger partial charge in [0.1, 0.15) is 0 Å². The molecule has 19 heavy (non-hydrogen) atoms. The Morgan fingerprint density at radius 2 is 2.00 bits per heavy atom. The maximum atomic E-state index is 3.44. The summed E-state index contributed by atoms with van der Waals surface area (Å²) in [6.45, 7) is 7.03. The van der Waals surface area contributed by atoms with E-state index in [4.69, 9.17) is 0 Å². The molecule has 0 spiro atoms. The molecule has 1 fully saturated rings. The van der Waals surface area contributed by atoms with Crippen molar-refractivity contribution in [1.82, 2.24) is 10.2 Å². The minimum absolute atomic E-state index is 0.947. The van der Waals surface area contributed by atoms with Gasteiger partial charge in [-0.3, -0.25) is 0 Å². The van der Waals surface area contributed by atoms with Gasteiger partial charge in [-0.05, 0) is 70.8 Å². The maximum Gasteiger partial charge on any atom is 0.00188 e. The van der Waals surface area contributed by atoms with E-state index in [0.717, 1.165) is 5.92 Å². The van der Waals surface area contributed by atoms with Crippen molar-refractivity contribution < 1.29 is 0 Å². The molecule has 2 rings (SSSR count). The van der Waals surface area contributed by atoms with Crippen LogP contribution in [0.1, 0.15) is 30.4 Å². The molecule has 0 aromatic heterocycles. The van der Waals surface area contributed by atoms with Crippen LogP contribution in [0.15, 0.2) is 24.3 Å². The lowest BCUT2D eigenvalue weighted by atomic mass is 9.94. The lowest BCUT2D eigenvalue weighted by molar-refractivity contribution is 0.273. The van der Waals surface area contributed by atoms with Gasteiger partial charge in [0.05, 0.1) is 0 Å². The van der Waals surface area contributed by atoms with Gasteiger partial charge in [-0.25, -0.2) is 0 Å². The van der Waals surface area contributed by atoms with E-state index in [1.807, 2.05) is 0 Å². The van der Waals surface area contributed by atoms with Crippen molar-refractivity contribution in [3.63, 3.8) is 0 Å². The predicted molar refractivity (Wildman–Crippen MR) is 82.6 cm³/mol. The van der Waals surface area contributed by atoms with Crippen LogP contribution >= 0.6 is 0 Å². The van der Waals surface area contributed by atoms with Gasteiger partial charge in [-0.1, -0.05) is 29.8 Å². The number of hydrogen-bond donors (Lipinski definition) is 1. The maximum absolute atomic E-state index is 3.44. The summed E-state index contributed by atoms with van der Waals surface area (Å²) in [5.74, 6) is 0.947. The fraction of sp³-hybridized carbons (Fsp3) is 0.647. The van der Waals surface area contributed by atoms with Crippen LogP contribution in [0.3, 0.4) is 0 Å². The van der Waals surface area contributed by atoms with Crippen molar-refractivity contribution in [3.8, 4) is 0 Å². The Morgan fingerprint density at radius 3 is 2.74 bits per heavy atom. The number of hydrogen-bond acceptors (Lipinski definition) is 2. The zero-order valence-corrected chi connectivity index (χ0v) is 12.5. The van der Waals surface area contributed by atoms with Crippen LogP contribution in [-0.4, -0.2) is 38.1 Å². The number of piperidine rings is 1. The molecule has 2 heteroatoms. The Morgan fingerprint density at radius 1 is 1.21 bits per heavy atom. The monoisotopic (exact) mass is 260 g/mol. The molecule has 2 nitrogen and oxygen atoms in total. The molecule has 1 saturated heterocycles. The molecule has 106 valence electrons. The van der Waals surface area contributed by atoms with Gasteiger partial charge >= 0.3 is 0 Å². The summed E-state index contributed by atoms with van der Waals surface area (Å²) < 4.78 is 0. The van der Waals surface area contributed by atoms with E-state index < -0.39 is 0 Å². The van der Waals surface area contributed by atoms with E-state index in [-0.39, 0.29) is 0 Å². The van der Waals surface area contributed by atoms with Crippen molar-refractivity contribution in [2.24, 2.45) is 5.92 Å². The van der Waals surface area contributed by atoms with E-state index in [9.17, 15) is 0 Å². The predicted octanol–water partition coefficient (Wildman–Crippen LogP) is 2.86. The van der Waals surface area contributed by atoms with E-state index >= 15 is 0 Å². The Kier molecular flexibility index (Phi) is 5.87. The molecule has 0 atom stereocenters. The smallest absolute Gasteiger partial charge is 0.00188 e. The van der Waals surface area contributed by atoms with Crippen molar-refractivity contribution in [2.45, 2.75) is 32.6 Å². The molecule has 0 saturated carbocycles. The second kappa shape index (κ2) is 7.66. The van der Waals surface area contributed by atoms with Gasteiger partial charge in [0.25, 0.3) is 0 Å². The van der Waals surface area contributed by atoms with E-state index in [1.165, 1.54) is 63.0 Å². The molecule has 0 unspecified atom stereocenters. The first-order valence-corrected chi connectivity index (χ1v) is 7.69. The first kappa shape index (κ1) is 14.5. The van der Waals surface area contributed by atoms with Gasteiger partial charge in [-0.2, -0.15) is 0 Å². The van der Waals surface area contributed by atoms with E-state index in [2.05, 4.69) is 48.5 Å². The lowest BCUT2D eigenvalue weighted by Crippen LogP contribution is -2.30. The van der Waals surface area contributed by atoms with Crippen molar-refractivity contribution in [2.75, 3.05) is 33.2 Å². The largest absolute Gasteiger partial charge is 0.317 e. The third-order valence-electron chi connectivity index (χ3n) is 4.24. The summed E-state index contributed by atoms with van der Waals surface area (Å²) >= 11 is 0. The number of nitrogens with zero attached hydrogens (tertiary/aromatic N) is 1. The lowest BCUT2D eigenvalue weighted by Gasteiger charge is -2.25. The number of benzene rings is 1. The number of nitrogens with one attached hydrogen (secondary N) is 1. The van der Waals surface area contributed by atoms with Crippen molar-refractivity contribution >= 4 is 0 Å². The minimum Gasteiger partial charge on any atom is -0.317 e. The van der Waals surface area contributed by atoms with Crippen LogP contribution in [0.2, 0.25) is 0 Å². The van der Waals surface area contributed by atoms with Gasteiger partial charge in [0, 0.05) is 6.54 Å². The van der Waals surface area contributed by atoms with Crippen LogP contribution in [0.25, 0.3) is 0 Å². The van der Waals surface area contributed by atoms with Gasteiger partial charge < -0.3 is 10.2 Å². The minimum atomic E-state index is 0.947. The Labute approximate surface area is 118 Å². The Bertz CT molecular complexity index is 369. The fourth-order valence-electron chi connectivity index (χ4n) is 2.87. The quantitative estimate of drug-likeness (QED) is 0.846. The first-order valence-electron chi connectivity index (χ1n) is 7.69. The van der Waals surface area contributed by atoms with Gasteiger partial charge in [0.15, 0.2) is 0 Å². The highest BCUT2D eigenvalue weighted by atomic mass is 15.1. The zero-order valence-electron chi connectivity index (χ0n) is 12.5. The van der Waals surface area contributed by atoms with Crippen LogP contribution in [0, 0.1) is 12.8 Å².